The Kier molecular flexibility index (Phi) is 4.54. The van der Waals surface area contributed by atoms with Crippen LogP contribution in [0, 0.1) is 0 Å². The SMILES string of the molecule is COC(=O)N1N=C(N2CCCc3ccccc32)C(C)(C)SC1C=O. The van der Waals surface area contributed by atoms with Crippen molar-refractivity contribution in [3.63, 3.8) is 0 Å². The van der Waals surface area contributed by atoms with Crippen molar-refractivity contribution < 1.29 is 14.3 Å². The number of ether oxygens (including phenoxy) is 1. The Morgan fingerprint density at radius 3 is 2.88 bits per heavy atom. The first kappa shape index (κ1) is 16.8. The van der Waals surface area contributed by atoms with Gasteiger partial charge in [-0.1, -0.05) is 18.2 Å². The van der Waals surface area contributed by atoms with Crippen LogP contribution in [0.2, 0.25) is 0 Å². The van der Waals surface area contributed by atoms with Crippen molar-refractivity contribution in [1.29, 1.82) is 0 Å². The van der Waals surface area contributed by atoms with Gasteiger partial charge in [-0.15, -0.1) is 11.8 Å². The highest BCUT2D eigenvalue weighted by Crippen LogP contribution is 2.40. The van der Waals surface area contributed by atoms with Crippen LogP contribution in [0.3, 0.4) is 0 Å². The second-order valence-electron chi connectivity index (χ2n) is 6.28. The average Bonchev–Trinajstić information content (AvgIpc) is 2.59. The molecule has 7 heteroatoms. The molecule has 24 heavy (non-hydrogen) atoms. The summed E-state index contributed by atoms with van der Waals surface area (Å²) in [5.74, 6) is 0.767. The van der Waals surface area contributed by atoms with Crippen molar-refractivity contribution in [2.45, 2.75) is 36.8 Å². The van der Waals surface area contributed by atoms with Crippen LogP contribution in [0.15, 0.2) is 29.4 Å². The predicted molar refractivity (Wildman–Crippen MR) is 95.3 cm³/mol. The maximum atomic E-state index is 12.0. The summed E-state index contributed by atoms with van der Waals surface area (Å²) >= 11 is 1.40. The first-order valence-corrected chi connectivity index (χ1v) is 8.80. The van der Waals surface area contributed by atoms with E-state index in [9.17, 15) is 9.59 Å². The van der Waals surface area contributed by atoms with Gasteiger partial charge in [-0.3, -0.25) is 4.79 Å². The number of thioether (sulfide) groups is 1. The fraction of sp³-hybridized carbons (Fsp3) is 0.471. The first-order chi connectivity index (χ1) is 11.5. The van der Waals surface area contributed by atoms with E-state index in [1.54, 1.807) is 0 Å². The first-order valence-electron chi connectivity index (χ1n) is 7.93. The molecule has 0 aromatic heterocycles. The van der Waals surface area contributed by atoms with Crippen molar-refractivity contribution in [1.82, 2.24) is 5.01 Å². The molecule has 3 rings (SSSR count). The third-order valence-corrected chi connectivity index (χ3v) is 5.57. The van der Waals surface area contributed by atoms with Gasteiger partial charge in [0.1, 0.15) is 5.84 Å². The lowest BCUT2D eigenvalue weighted by Gasteiger charge is -2.43. The van der Waals surface area contributed by atoms with Crippen molar-refractivity contribution in [3.8, 4) is 0 Å². The van der Waals surface area contributed by atoms with Gasteiger partial charge in [0.15, 0.2) is 11.7 Å². The molecule has 0 N–H and O–H groups in total. The summed E-state index contributed by atoms with van der Waals surface area (Å²) in [4.78, 5) is 25.6. The molecule has 1 atom stereocenters. The molecule has 6 nitrogen and oxygen atoms in total. The average molecular weight is 347 g/mol. The molecular weight excluding hydrogens is 326 g/mol. The molecule has 0 saturated heterocycles. The molecule has 2 heterocycles. The number of fused-ring (bicyclic) bond motifs is 1. The van der Waals surface area contributed by atoms with E-state index < -0.39 is 16.2 Å². The molecule has 128 valence electrons. The van der Waals surface area contributed by atoms with E-state index in [1.807, 2.05) is 26.0 Å². The number of amidine groups is 1. The summed E-state index contributed by atoms with van der Waals surface area (Å²) < 4.78 is 4.38. The standard InChI is InChI=1S/C17H21N3O3S/c1-17(2)15(18-20(16(22)23-3)14(11-21)24-17)19-10-6-8-12-7-4-5-9-13(12)19/h4-5,7,9,11,14H,6,8,10H2,1-3H3. The number of aldehydes is 1. The van der Waals surface area contributed by atoms with Gasteiger partial charge in [-0.2, -0.15) is 10.1 Å². The van der Waals surface area contributed by atoms with Crippen molar-refractivity contribution >= 4 is 35.7 Å². The van der Waals surface area contributed by atoms with E-state index in [2.05, 4.69) is 22.1 Å². The van der Waals surface area contributed by atoms with Crippen LogP contribution in [0.1, 0.15) is 25.8 Å². The largest absolute Gasteiger partial charge is 0.451 e. The Morgan fingerprint density at radius 2 is 2.17 bits per heavy atom. The molecular formula is C17H21N3O3S. The lowest BCUT2D eigenvalue weighted by Crippen LogP contribution is -2.54. The van der Waals surface area contributed by atoms with Gasteiger partial charge in [-0.05, 0) is 38.3 Å². The van der Waals surface area contributed by atoms with Crippen LogP contribution >= 0.6 is 11.8 Å². The summed E-state index contributed by atoms with van der Waals surface area (Å²) in [6.07, 6.45) is 2.16. The zero-order valence-corrected chi connectivity index (χ0v) is 14.9. The minimum atomic E-state index is -0.684. The maximum Gasteiger partial charge on any atom is 0.431 e. The van der Waals surface area contributed by atoms with Gasteiger partial charge in [0.05, 0.1) is 11.9 Å². The molecule has 1 aromatic carbocycles. The Bertz CT molecular complexity index is 689. The Hall–Kier alpha value is -2.02. The van der Waals surface area contributed by atoms with E-state index in [0.29, 0.717) is 0 Å². The summed E-state index contributed by atoms with van der Waals surface area (Å²) in [5.41, 5.74) is 2.39. The van der Waals surface area contributed by atoms with Gasteiger partial charge < -0.3 is 9.64 Å². The number of carbonyl (C=O) groups excluding carboxylic acids is 2. The van der Waals surface area contributed by atoms with E-state index in [-0.39, 0.29) is 0 Å². The summed E-state index contributed by atoms with van der Waals surface area (Å²) in [5, 5.41) is 4.98. The minimum Gasteiger partial charge on any atom is -0.451 e. The second-order valence-corrected chi connectivity index (χ2v) is 8.02. The topological polar surface area (TPSA) is 62.2 Å². The number of anilines is 1. The molecule has 1 unspecified atom stereocenters. The molecule has 0 fully saturated rings. The van der Waals surface area contributed by atoms with Crippen LogP contribution in [0.25, 0.3) is 0 Å². The number of rotatable bonds is 1. The molecule has 0 spiro atoms. The fourth-order valence-corrected chi connectivity index (χ4v) is 4.29. The lowest BCUT2D eigenvalue weighted by molar-refractivity contribution is -0.109. The third-order valence-electron chi connectivity index (χ3n) is 4.24. The van der Waals surface area contributed by atoms with Crippen LogP contribution in [0.5, 0.6) is 0 Å². The van der Waals surface area contributed by atoms with Crippen LogP contribution in [-0.2, 0) is 16.0 Å². The minimum absolute atomic E-state index is 0.402. The second kappa shape index (κ2) is 6.47. The normalized spacial score (nSPS) is 22.5. The molecule has 0 aliphatic carbocycles. The van der Waals surface area contributed by atoms with Crippen molar-refractivity contribution in [2.24, 2.45) is 5.10 Å². The molecule has 0 saturated carbocycles. The van der Waals surface area contributed by atoms with Crippen molar-refractivity contribution in [2.75, 3.05) is 18.6 Å². The van der Waals surface area contributed by atoms with E-state index in [4.69, 9.17) is 4.74 Å². The molecule has 2 aliphatic heterocycles. The number of hydrazone groups is 1. The number of para-hydroxylation sites is 1. The van der Waals surface area contributed by atoms with Crippen LogP contribution in [-0.4, -0.2) is 47.0 Å². The number of hydrogen-bond acceptors (Lipinski definition) is 6. The molecule has 0 bridgehead atoms. The van der Waals surface area contributed by atoms with Gasteiger partial charge in [0.2, 0.25) is 0 Å². The lowest BCUT2D eigenvalue weighted by atomic mass is 10.00. The van der Waals surface area contributed by atoms with Gasteiger partial charge in [0, 0.05) is 12.2 Å². The zero-order chi connectivity index (χ0) is 17.3. The predicted octanol–water partition coefficient (Wildman–Crippen LogP) is 2.87. The fourth-order valence-electron chi connectivity index (χ4n) is 3.14. The Morgan fingerprint density at radius 1 is 1.42 bits per heavy atom. The number of nitrogens with zero attached hydrogens (tertiary/aromatic N) is 3. The third kappa shape index (κ3) is 2.88. The number of aryl methyl sites for hydroxylation is 1. The number of hydrogen-bond donors (Lipinski definition) is 0. The number of carbonyl (C=O) groups is 2. The Labute approximate surface area is 145 Å². The molecule has 0 radical (unpaired) electrons. The number of amides is 1. The van der Waals surface area contributed by atoms with Gasteiger partial charge >= 0.3 is 6.09 Å². The highest BCUT2D eigenvalue weighted by atomic mass is 32.2. The summed E-state index contributed by atoms with van der Waals surface area (Å²) in [6.45, 7) is 4.89. The maximum absolute atomic E-state index is 12.0. The van der Waals surface area contributed by atoms with E-state index in [0.717, 1.165) is 42.2 Å². The van der Waals surface area contributed by atoms with E-state index >= 15 is 0 Å². The number of methoxy groups -OCH3 is 1. The molecule has 2 aliphatic rings. The number of benzene rings is 1. The van der Waals surface area contributed by atoms with Crippen LogP contribution in [0.4, 0.5) is 10.5 Å². The quantitative estimate of drug-likeness (QED) is 0.731. The van der Waals surface area contributed by atoms with Gasteiger partial charge in [-0.25, -0.2) is 4.79 Å². The smallest absolute Gasteiger partial charge is 0.431 e. The van der Waals surface area contributed by atoms with E-state index in [1.165, 1.54) is 24.4 Å². The molecule has 1 aromatic rings. The Balaban J connectivity index is 2.06. The summed E-state index contributed by atoms with van der Waals surface area (Å²) in [7, 11) is 1.29. The molecule has 1 amide bonds. The zero-order valence-electron chi connectivity index (χ0n) is 14.1. The van der Waals surface area contributed by atoms with Crippen LogP contribution < -0.4 is 4.90 Å². The highest BCUT2D eigenvalue weighted by Gasteiger charge is 2.43. The summed E-state index contributed by atoms with van der Waals surface area (Å²) in [6, 6.07) is 8.24. The van der Waals surface area contributed by atoms with Gasteiger partial charge in [0.25, 0.3) is 0 Å². The monoisotopic (exact) mass is 347 g/mol. The van der Waals surface area contributed by atoms with Crippen molar-refractivity contribution in [3.05, 3.63) is 29.8 Å². The highest BCUT2D eigenvalue weighted by molar-refractivity contribution is 8.02.